The minimum atomic E-state index is 0.899. The van der Waals surface area contributed by atoms with Crippen LogP contribution in [0.4, 0.5) is 5.82 Å². The van der Waals surface area contributed by atoms with Crippen molar-refractivity contribution >= 4 is 5.82 Å². The monoisotopic (exact) mass is 255 g/mol. The number of nitrogens with one attached hydrogen (secondary N) is 1. The van der Waals surface area contributed by atoms with Crippen molar-refractivity contribution in [2.24, 2.45) is 0 Å². The average Bonchev–Trinajstić information content (AvgIpc) is 2.40. The summed E-state index contributed by atoms with van der Waals surface area (Å²) in [6, 6.07) is 8.39. The maximum absolute atomic E-state index is 4.39. The van der Waals surface area contributed by atoms with Crippen LogP contribution in [-0.2, 0) is 0 Å². The summed E-state index contributed by atoms with van der Waals surface area (Å²) in [4.78, 5) is 0. The van der Waals surface area contributed by atoms with Crippen molar-refractivity contribution in [1.29, 1.82) is 0 Å². The van der Waals surface area contributed by atoms with Gasteiger partial charge in [0.1, 0.15) is 0 Å². The Bertz CT molecular complexity index is 576. The van der Waals surface area contributed by atoms with Crippen molar-refractivity contribution in [1.82, 2.24) is 10.2 Å². The first-order chi connectivity index (χ1) is 9.13. The molecule has 19 heavy (non-hydrogen) atoms. The summed E-state index contributed by atoms with van der Waals surface area (Å²) in [6.45, 7) is 9.37. The van der Waals surface area contributed by atoms with Crippen molar-refractivity contribution in [3.05, 3.63) is 41.0 Å². The zero-order chi connectivity index (χ0) is 13.8. The highest BCUT2D eigenvalue weighted by Crippen LogP contribution is 2.26. The van der Waals surface area contributed by atoms with Crippen LogP contribution in [0.5, 0.6) is 0 Å². The van der Waals surface area contributed by atoms with Crippen LogP contribution in [0.25, 0.3) is 11.3 Å². The SMILES string of the molecule is CCCNc1nnc(-c2cccc(C)c2)c(C)c1C. The summed E-state index contributed by atoms with van der Waals surface area (Å²) < 4.78 is 0. The van der Waals surface area contributed by atoms with Gasteiger partial charge in [0.15, 0.2) is 5.82 Å². The first-order valence-corrected chi connectivity index (χ1v) is 6.78. The molecule has 3 heteroatoms. The van der Waals surface area contributed by atoms with E-state index in [1.807, 2.05) is 0 Å². The Morgan fingerprint density at radius 1 is 1.05 bits per heavy atom. The lowest BCUT2D eigenvalue weighted by molar-refractivity contribution is 0.932. The molecule has 1 aromatic carbocycles. The maximum atomic E-state index is 4.39. The molecule has 1 aromatic heterocycles. The normalized spacial score (nSPS) is 10.5. The van der Waals surface area contributed by atoms with Gasteiger partial charge in [0, 0.05) is 12.1 Å². The number of aryl methyl sites for hydroxylation is 1. The Labute approximate surface area is 115 Å². The molecule has 0 unspecified atom stereocenters. The highest BCUT2D eigenvalue weighted by Gasteiger charge is 2.10. The van der Waals surface area contributed by atoms with E-state index in [4.69, 9.17) is 0 Å². The van der Waals surface area contributed by atoms with Crippen molar-refractivity contribution < 1.29 is 0 Å². The van der Waals surface area contributed by atoms with Crippen LogP contribution in [0.2, 0.25) is 0 Å². The van der Waals surface area contributed by atoms with Crippen LogP contribution in [0.15, 0.2) is 24.3 Å². The van der Waals surface area contributed by atoms with Crippen LogP contribution in [-0.4, -0.2) is 16.7 Å². The highest BCUT2D eigenvalue weighted by atomic mass is 15.2. The number of aromatic nitrogens is 2. The molecule has 0 saturated heterocycles. The first kappa shape index (κ1) is 13.5. The predicted molar refractivity (Wildman–Crippen MR) is 80.5 cm³/mol. The summed E-state index contributed by atoms with van der Waals surface area (Å²) in [5.74, 6) is 0.899. The van der Waals surface area contributed by atoms with Crippen LogP contribution in [0.3, 0.4) is 0 Å². The third-order valence-electron chi connectivity index (χ3n) is 3.36. The third-order valence-corrected chi connectivity index (χ3v) is 3.36. The molecule has 1 heterocycles. The minimum absolute atomic E-state index is 0.899. The van der Waals surface area contributed by atoms with Crippen LogP contribution >= 0.6 is 0 Å². The lowest BCUT2D eigenvalue weighted by Gasteiger charge is -2.12. The van der Waals surface area contributed by atoms with Crippen LogP contribution in [0, 0.1) is 20.8 Å². The van der Waals surface area contributed by atoms with Gasteiger partial charge < -0.3 is 5.32 Å². The van der Waals surface area contributed by atoms with E-state index >= 15 is 0 Å². The summed E-state index contributed by atoms with van der Waals surface area (Å²) in [7, 11) is 0. The van der Waals surface area contributed by atoms with E-state index in [1.54, 1.807) is 0 Å². The van der Waals surface area contributed by atoms with Crippen molar-refractivity contribution in [3.63, 3.8) is 0 Å². The van der Waals surface area contributed by atoms with Gasteiger partial charge in [-0.1, -0.05) is 30.7 Å². The molecular weight excluding hydrogens is 234 g/mol. The van der Waals surface area contributed by atoms with Gasteiger partial charge >= 0.3 is 0 Å². The second-order valence-electron chi connectivity index (χ2n) is 4.94. The van der Waals surface area contributed by atoms with E-state index in [-0.39, 0.29) is 0 Å². The average molecular weight is 255 g/mol. The Kier molecular flexibility index (Phi) is 4.15. The molecule has 0 amide bonds. The molecule has 0 radical (unpaired) electrons. The van der Waals surface area contributed by atoms with Crippen LogP contribution in [0.1, 0.15) is 30.0 Å². The molecule has 0 aliphatic carbocycles. The lowest BCUT2D eigenvalue weighted by Crippen LogP contribution is -2.07. The molecule has 2 aromatic rings. The Morgan fingerprint density at radius 3 is 2.53 bits per heavy atom. The van der Waals surface area contributed by atoms with Gasteiger partial charge in [-0.05, 0) is 44.4 Å². The topological polar surface area (TPSA) is 37.8 Å². The molecule has 1 N–H and O–H groups in total. The molecule has 0 bridgehead atoms. The third kappa shape index (κ3) is 2.92. The molecule has 0 fully saturated rings. The lowest BCUT2D eigenvalue weighted by atomic mass is 10.0. The van der Waals surface area contributed by atoms with E-state index in [0.29, 0.717) is 0 Å². The number of rotatable bonds is 4. The summed E-state index contributed by atoms with van der Waals surface area (Å²) >= 11 is 0. The molecule has 0 aliphatic rings. The second kappa shape index (κ2) is 5.83. The van der Waals surface area contributed by atoms with Crippen LogP contribution < -0.4 is 5.32 Å². The molecule has 0 aliphatic heterocycles. The van der Waals surface area contributed by atoms with Gasteiger partial charge in [0.05, 0.1) is 5.69 Å². The summed E-state index contributed by atoms with van der Waals surface area (Å²) in [5, 5.41) is 12.0. The Balaban J connectivity index is 2.41. The van der Waals surface area contributed by atoms with Gasteiger partial charge in [0.25, 0.3) is 0 Å². The number of nitrogens with zero attached hydrogens (tertiary/aromatic N) is 2. The van der Waals surface area contributed by atoms with Crippen molar-refractivity contribution in [2.45, 2.75) is 34.1 Å². The maximum Gasteiger partial charge on any atom is 0.151 e. The predicted octanol–water partition coefficient (Wildman–Crippen LogP) is 3.89. The van der Waals surface area contributed by atoms with Gasteiger partial charge in [-0.25, -0.2) is 0 Å². The summed E-state index contributed by atoms with van der Waals surface area (Å²) in [5.41, 5.74) is 5.72. The van der Waals surface area contributed by atoms with E-state index < -0.39 is 0 Å². The quantitative estimate of drug-likeness (QED) is 0.900. The van der Waals surface area contributed by atoms with Gasteiger partial charge in [-0.15, -0.1) is 10.2 Å². The number of anilines is 1. The fraction of sp³-hybridized carbons (Fsp3) is 0.375. The second-order valence-corrected chi connectivity index (χ2v) is 4.94. The van der Waals surface area contributed by atoms with Gasteiger partial charge in [0.2, 0.25) is 0 Å². The van der Waals surface area contributed by atoms with E-state index in [0.717, 1.165) is 30.0 Å². The smallest absolute Gasteiger partial charge is 0.151 e. The fourth-order valence-electron chi connectivity index (χ4n) is 2.08. The van der Waals surface area contributed by atoms with Gasteiger partial charge in [-0.2, -0.15) is 0 Å². The molecule has 0 spiro atoms. The zero-order valence-electron chi connectivity index (χ0n) is 12.1. The molecule has 100 valence electrons. The zero-order valence-corrected chi connectivity index (χ0v) is 12.1. The van der Waals surface area contributed by atoms with Crippen molar-refractivity contribution in [2.75, 3.05) is 11.9 Å². The summed E-state index contributed by atoms with van der Waals surface area (Å²) in [6.07, 6.45) is 1.08. The highest BCUT2D eigenvalue weighted by molar-refractivity contribution is 5.67. The molecule has 0 atom stereocenters. The standard InChI is InChI=1S/C16H21N3/c1-5-9-17-16-13(4)12(3)15(18-19-16)14-8-6-7-11(2)10-14/h6-8,10H,5,9H2,1-4H3,(H,17,19). The number of benzene rings is 1. The van der Waals surface area contributed by atoms with E-state index in [9.17, 15) is 0 Å². The fourth-order valence-corrected chi connectivity index (χ4v) is 2.08. The number of hydrogen-bond donors (Lipinski definition) is 1. The van der Waals surface area contributed by atoms with E-state index in [1.165, 1.54) is 16.7 Å². The minimum Gasteiger partial charge on any atom is -0.368 e. The molecule has 0 saturated carbocycles. The Hall–Kier alpha value is -1.90. The largest absolute Gasteiger partial charge is 0.368 e. The van der Waals surface area contributed by atoms with E-state index in [2.05, 4.69) is 67.5 Å². The molecule has 3 nitrogen and oxygen atoms in total. The molecule has 2 rings (SSSR count). The number of hydrogen-bond acceptors (Lipinski definition) is 3. The Morgan fingerprint density at radius 2 is 1.84 bits per heavy atom. The van der Waals surface area contributed by atoms with Gasteiger partial charge in [-0.3, -0.25) is 0 Å². The van der Waals surface area contributed by atoms with Crippen molar-refractivity contribution in [3.8, 4) is 11.3 Å². The first-order valence-electron chi connectivity index (χ1n) is 6.78. The molecular formula is C16H21N3.